The van der Waals surface area contributed by atoms with Gasteiger partial charge in [-0.05, 0) is 34.3 Å². The molecule has 0 nitrogen and oxygen atoms in total. The van der Waals surface area contributed by atoms with E-state index in [4.69, 9.17) is 0 Å². The Morgan fingerprint density at radius 3 is 1.59 bits per heavy atom. The predicted octanol–water partition coefficient (Wildman–Crippen LogP) is 6.50. The van der Waals surface area contributed by atoms with Crippen LogP contribution in [0.25, 0.3) is 11.1 Å². The van der Waals surface area contributed by atoms with Crippen LogP contribution < -0.4 is 0 Å². The third-order valence-electron chi connectivity index (χ3n) is 4.44. The van der Waals surface area contributed by atoms with Crippen LogP contribution in [0.5, 0.6) is 0 Å². The van der Waals surface area contributed by atoms with Gasteiger partial charge in [0.15, 0.2) is 0 Å². The molecule has 0 spiro atoms. The average Bonchev–Trinajstić information content (AvgIpc) is 2.37. The zero-order chi connectivity index (χ0) is 16.5. The third kappa shape index (κ3) is 3.61. The van der Waals surface area contributed by atoms with E-state index < -0.39 is 16.1 Å². The van der Waals surface area contributed by atoms with E-state index in [1.165, 1.54) is 16.7 Å². The van der Waals surface area contributed by atoms with Crippen molar-refractivity contribution in [2.24, 2.45) is 0 Å². The van der Waals surface area contributed by atoms with Crippen LogP contribution in [-0.4, -0.2) is 16.1 Å². The predicted molar refractivity (Wildman–Crippen MR) is 106 cm³/mol. The highest BCUT2D eigenvalue weighted by atomic mass is 28.4. The summed E-state index contributed by atoms with van der Waals surface area (Å²) in [5, 5.41) is 0.774. The number of hydrogen-bond donors (Lipinski definition) is 0. The van der Waals surface area contributed by atoms with E-state index in [1.807, 2.05) is 0 Å². The van der Waals surface area contributed by atoms with Gasteiger partial charge in [0.05, 0.1) is 0 Å². The molecule has 0 radical (unpaired) electrons. The summed E-state index contributed by atoms with van der Waals surface area (Å²) in [5.74, 6) is 0. The van der Waals surface area contributed by atoms with Gasteiger partial charge in [-0.3, -0.25) is 0 Å². The van der Waals surface area contributed by atoms with E-state index >= 15 is 0 Å². The standard InChI is InChI=1S/C20H30Si2/c1-16-12-8-9-13-17(16)18-14-10-11-15-19(18)20(21(2,3)4)22(5,6)7/h8-15,20H,1-7H3. The molecule has 0 atom stereocenters. The molecule has 0 aromatic heterocycles. The summed E-state index contributed by atoms with van der Waals surface area (Å²) in [6, 6.07) is 17.9. The minimum absolute atomic E-state index is 0.774. The van der Waals surface area contributed by atoms with Gasteiger partial charge in [-0.2, -0.15) is 0 Å². The Bertz CT molecular complexity index is 631. The van der Waals surface area contributed by atoms with Gasteiger partial charge in [-0.15, -0.1) is 0 Å². The first-order valence-corrected chi connectivity index (χ1v) is 15.4. The molecule has 2 heteroatoms. The third-order valence-corrected chi connectivity index (χ3v) is 13.7. The lowest BCUT2D eigenvalue weighted by Crippen LogP contribution is -2.46. The van der Waals surface area contributed by atoms with Crippen molar-refractivity contribution in [2.45, 2.75) is 51.4 Å². The highest BCUT2D eigenvalue weighted by Crippen LogP contribution is 2.41. The molecule has 0 N–H and O–H groups in total. The number of aryl methyl sites for hydroxylation is 1. The molecule has 0 amide bonds. The molecule has 22 heavy (non-hydrogen) atoms. The van der Waals surface area contributed by atoms with Crippen LogP contribution >= 0.6 is 0 Å². The van der Waals surface area contributed by atoms with Gasteiger partial charge in [0.2, 0.25) is 0 Å². The second-order valence-electron chi connectivity index (χ2n) is 8.57. The molecule has 2 aromatic carbocycles. The molecule has 0 heterocycles. The van der Waals surface area contributed by atoms with E-state index in [0.717, 1.165) is 5.16 Å². The maximum absolute atomic E-state index is 2.53. The molecule has 2 rings (SSSR count). The highest BCUT2D eigenvalue weighted by Gasteiger charge is 2.39. The zero-order valence-corrected chi connectivity index (χ0v) is 17.2. The quantitative estimate of drug-likeness (QED) is 0.562. The number of hydrogen-bond acceptors (Lipinski definition) is 0. The van der Waals surface area contributed by atoms with Crippen molar-refractivity contribution in [3.63, 3.8) is 0 Å². The van der Waals surface area contributed by atoms with Gasteiger partial charge in [0, 0.05) is 16.1 Å². The molecule has 0 aliphatic carbocycles. The van der Waals surface area contributed by atoms with Crippen LogP contribution in [0.3, 0.4) is 0 Å². The van der Waals surface area contributed by atoms with Gasteiger partial charge >= 0.3 is 0 Å². The van der Waals surface area contributed by atoms with Crippen molar-refractivity contribution in [1.82, 2.24) is 0 Å². The van der Waals surface area contributed by atoms with Crippen molar-refractivity contribution in [3.8, 4) is 11.1 Å². The van der Waals surface area contributed by atoms with Gasteiger partial charge < -0.3 is 0 Å². The van der Waals surface area contributed by atoms with Crippen molar-refractivity contribution in [1.29, 1.82) is 0 Å². The first-order valence-electron chi connectivity index (χ1n) is 8.27. The molecule has 0 aliphatic heterocycles. The Hall–Kier alpha value is -1.13. The maximum atomic E-state index is 2.53. The summed E-state index contributed by atoms with van der Waals surface area (Å²) < 4.78 is 0. The van der Waals surface area contributed by atoms with E-state index in [9.17, 15) is 0 Å². The molecule has 118 valence electrons. The van der Waals surface area contributed by atoms with Crippen LogP contribution in [0, 0.1) is 6.92 Å². The van der Waals surface area contributed by atoms with E-state index in [1.54, 1.807) is 5.56 Å². The van der Waals surface area contributed by atoms with Gasteiger partial charge in [0.25, 0.3) is 0 Å². The van der Waals surface area contributed by atoms with Crippen LogP contribution in [-0.2, 0) is 0 Å². The van der Waals surface area contributed by atoms with Gasteiger partial charge in [-0.25, -0.2) is 0 Å². The van der Waals surface area contributed by atoms with Crippen LogP contribution in [0.2, 0.25) is 39.3 Å². The number of benzene rings is 2. The van der Waals surface area contributed by atoms with Gasteiger partial charge in [0.1, 0.15) is 0 Å². The first-order chi connectivity index (χ1) is 10.1. The lowest BCUT2D eigenvalue weighted by atomic mass is 9.97. The van der Waals surface area contributed by atoms with Crippen molar-refractivity contribution in [3.05, 3.63) is 59.7 Å². The lowest BCUT2D eigenvalue weighted by Gasteiger charge is -2.40. The molecule has 0 saturated heterocycles. The molecular weight excluding hydrogens is 296 g/mol. The Labute approximate surface area is 138 Å². The molecule has 0 bridgehead atoms. The van der Waals surface area contributed by atoms with E-state index in [-0.39, 0.29) is 0 Å². The second-order valence-corrected chi connectivity index (χ2v) is 19.8. The Kier molecular flexibility index (Phi) is 4.83. The SMILES string of the molecule is Cc1ccccc1-c1ccccc1C([Si](C)(C)C)[Si](C)(C)C. The molecule has 0 fully saturated rings. The Morgan fingerprint density at radius 1 is 0.636 bits per heavy atom. The molecule has 0 saturated carbocycles. The minimum atomic E-state index is -1.28. The van der Waals surface area contributed by atoms with Crippen molar-refractivity contribution >= 4 is 16.1 Å². The van der Waals surface area contributed by atoms with E-state index in [0.29, 0.717) is 0 Å². The second kappa shape index (κ2) is 6.17. The Balaban J connectivity index is 2.69. The van der Waals surface area contributed by atoms with E-state index in [2.05, 4.69) is 94.7 Å². The normalized spacial score (nSPS) is 12.7. The fraction of sp³-hybridized carbons (Fsp3) is 0.400. The van der Waals surface area contributed by atoms with Gasteiger partial charge in [-0.1, -0.05) is 87.8 Å². The molecule has 0 unspecified atom stereocenters. The highest BCUT2D eigenvalue weighted by molar-refractivity contribution is 6.96. The average molecular weight is 327 g/mol. The first kappa shape index (κ1) is 17.2. The minimum Gasteiger partial charge on any atom is -0.0693 e. The fourth-order valence-corrected chi connectivity index (χ4v) is 16.9. The largest absolute Gasteiger partial charge is 0.0693 e. The van der Waals surface area contributed by atoms with Crippen LogP contribution in [0.15, 0.2) is 48.5 Å². The summed E-state index contributed by atoms with van der Waals surface area (Å²) in [4.78, 5) is 0. The van der Waals surface area contributed by atoms with Crippen molar-refractivity contribution < 1.29 is 0 Å². The zero-order valence-electron chi connectivity index (χ0n) is 15.2. The summed E-state index contributed by atoms with van der Waals surface area (Å²) in [6.45, 7) is 17.4. The maximum Gasteiger partial charge on any atom is 0.0493 e. The lowest BCUT2D eigenvalue weighted by molar-refractivity contribution is 1.18. The summed E-state index contributed by atoms with van der Waals surface area (Å²) in [5.41, 5.74) is 5.82. The molecule has 2 aromatic rings. The molecular formula is C20H30Si2. The Morgan fingerprint density at radius 2 is 1.09 bits per heavy atom. The summed E-state index contributed by atoms with van der Waals surface area (Å²) in [6.07, 6.45) is 0. The summed E-state index contributed by atoms with van der Waals surface area (Å²) >= 11 is 0. The van der Waals surface area contributed by atoms with Crippen molar-refractivity contribution in [2.75, 3.05) is 0 Å². The summed E-state index contributed by atoms with van der Waals surface area (Å²) in [7, 11) is -2.57. The van der Waals surface area contributed by atoms with Crippen LogP contribution in [0.1, 0.15) is 16.3 Å². The monoisotopic (exact) mass is 326 g/mol. The van der Waals surface area contributed by atoms with Crippen LogP contribution in [0.4, 0.5) is 0 Å². The molecule has 0 aliphatic rings. The fourth-order valence-electron chi connectivity index (χ4n) is 4.10. The number of rotatable bonds is 4. The smallest absolute Gasteiger partial charge is 0.0493 e. The topological polar surface area (TPSA) is 0 Å².